The van der Waals surface area contributed by atoms with E-state index < -0.39 is 0 Å². The fraction of sp³-hybridized carbons (Fsp3) is 1.00. The fourth-order valence-corrected chi connectivity index (χ4v) is 2.97. The molecule has 2 atom stereocenters. The Morgan fingerprint density at radius 1 is 1.31 bits per heavy atom. The Labute approximate surface area is 87.1 Å². The van der Waals surface area contributed by atoms with Crippen LogP contribution in [0.25, 0.3) is 0 Å². The molecule has 0 heterocycles. The van der Waals surface area contributed by atoms with Crippen molar-refractivity contribution in [2.75, 3.05) is 25.6 Å². The van der Waals surface area contributed by atoms with Crippen LogP contribution in [-0.4, -0.2) is 25.6 Å². The second kappa shape index (κ2) is 6.72. The van der Waals surface area contributed by atoms with Crippen molar-refractivity contribution in [3.05, 3.63) is 0 Å². The standard InChI is InChI=1S/C11H23NS/c1-12-9-11-6-3-5-10(11)7-4-8-13-2/h10-12H,3-9H2,1-2H3. The van der Waals surface area contributed by atoms with Crippen molar-refractivity contribution in [2.24, 2.45) is 11.8 Å². The number of hydrogen-bond donors (Lipinski definition) is 1. The SMILES string of the molecule is CNCC1CCCC1CCCSC. The average molecular weight is 201 g/mol. The van der Waals surface area contributed by atoms with Crippen LogP contribution in [0.3, 0.4) is 0 Å². The molecule has 2 heteroatoms. The summed E-state index contributed by atoms with van der Waals surface area (Å²) in [4.78, 5) is 0. The van der Waals surface area contributed by atoms with E-state index in [-0.39, 0.29) is 0 Å². The van der Waals surface area contributed by atoms with E-state index >= 15 is 0 Å². The highest BCUT2D eigenvalue weighted by Crippen LogP contribution is 2.34. The van der Waals surface area contributed by atoms with Gasteiger partial charge in [-0.25, -0.2) is 0 Å². The number of nitrogens with one attached hydrogen (secondary N) is 1. The average Bonchev–Trinajstić information content (AvgIpc) is 2.54. The monoisotopic (exact) mass is 201 g/mol. The predicted octanol–water partition coefficient (Wildman–Crippen LogP) is 2.77. The first-order chi connectivity index (χ1) is 6.38. The van der Waals surface area contributed by atoms with Gasteiger partial charge in [-0.2, -0.15) is 11.8 Å². The van der Waals surface area contributed by atoms with Gasteiger partial charge in [-0.1, -0.05) is 12.8 Å². The van der Waals surface area contributed by atoms with Gasteiger partial charge in [0.25, 0.3) is 0 Å². The number of hydrogen-bond acceptors (Lipinski definition) is 2. The molecule has 1 N–H and O–H groups in total. The van der Waals surface area contributed by atoms with Gasteiger partial charge in [-0.3, -0.25) is 0 Å². The molecule has 1 fully saturated rings. The normalized spacial score (nSPS) is 28.2. The number of thioether (sulfide) groups is 1. The van der Waals surface area contributed by atoms with Crippen molar-refractivity contribution in [1.29, 1.82) is 0 Å². The Morgan fingerprint density at radius 2 is 2.08 bits per heavy atom. The molecule has 0 amide bonds. The molecule has 1 rings (SSSR count). The van der Waals surface area contributed by atoms with Crippen molar-refractivity contribution in [3.8, 4) is 0 Å². The second-order valence-corrected chi connectivity index (χ2v) is 5.13. The van der Waals surface area contributed by atoms with Crippen LogP contribution in [0.1, 0.15) is 32.1 Å². The van der Waals surface area contributed by atoms with Gasteiger partial charge in [0.2, 0.25) is 0 Å². The molecule has 0 saturated heterocycles. The van der Waals surface area contributed by atoms with E-state index in [0.29, 0.717) is 0 Å². The lowest BCUT2D eigenvalue weighted by Crippen LogP contribution is -2.22. The molecule has 0 spiro atoms. The number of rotatable bonds is 6. The third-order valence-corrected chi connectivity index (χ3v) is 3.90. The summed E-state index contributed by atoms with van der Waals surface area (Å²) in [5.41, 5.74) is 0. The van der Waals surface area contributed by atoms with E-state index in [1.807, 2.05) is 11.8 Å². The van der Waals surface area contributed by atoms with Crippen LogP contribution in [0.15, 0.2) is 0 Å². The zero-order valence-electron chi connectivity index (χ0n) is 9.01. The van der Waals surface area contributed by atoms with Gasteiger partial charge >= 0.3 is 0 Å². The van der Waals surface area contributed by atoms with Gasteiger partial charge in [-0.05, 0) is 56.7 Å². The quantitative estimate of drug-likeness (QED) is 0.663. The van der Waals surface area contributed by atoms with Gasteiger partial charge in [0.15, 0.2) is 0 Å². The molecule has 1 nitrogen and oxygen atoms in total. The Kier molecular flexibility index (Phi) is 5.88. The smallest absolute Gasteiger partial charge is 0.00209 e. The van der Waals surface area contributed by atoms with Crippen molar-refractivity contribution < 1.29 is 0 Å². The largest absolute Gasteiger partial charge is 0.319 e. The molecule has 1 saturated carbocycles. The van der Waals surface area contributed by atoms with Gasteiger partial charge < -0.3 is 5.32 Å². The van der Waals surface area contributed by atoms with Crippen LogP contribution in [0.5, 0.6) is 0 Å². The van der Waals surface area contributed by atoms with Crippen LogP contribution in [0, 0.1) is 11.8 Å². The Morgan fingerprint density at radius 3 is 2.77 bits per heavy atom. The van der Waals surface area contributed by atoms with Crippen molar-refractivity contribution in [2.45, 2.75) is 32.1 Å². The van der Waals surface area contributed by atoms with Gasteiger partial charge in [0.05, 0.1) is 0 Å². The predicted molar refractivity (Wildman–Crippen MR) is 62.4 cm³/mol. The van der Waals surface area contributed by atoms with Gasteiger partial charge in [-0.15, -0.1) is 0 Å². The Bertz CT molecular complexity index is 127. The van der Waals surface area contributed by atoms with E-state index in [1.165, 1.54) is 44.4 Å². The molecule has 1 aliphatic carbocycles. The highest BCUT2D eigenvalue weighted by Gasteiger charge is 2.25. The van der Waals surface area contributed by atoms with E-state index in [4.69, 9.17) is 0 Å². The van der Waals surface area contributed by atoms with Gasteiger partial charge in [0.1, 0.15) is 0 Å². The fourth-order valence-electron chi connectivity index (χ4n) is 2.51. The Hall–Kier alpha value is 0.310. The molecule has 78 valence electrons. The van der Waals surface area contributed by atoms with Gasteiger partial charge in [0, 0.05) is 0 Å². The van der Waals surface area contributed by atoms with Crippen LogP contribution >= 0.6 is 11.8 Å². The lowest BCUT2D eigenvalue weighted by molar-refractivity contribution is 0.353. The van der Waals surface area contributed by atoms with Crippen LogP contribution < -0.4 is 5.32 Å². The van der Waals surface area contributed by atoms with Crippen molar-refractivity contribution in [3.63, 3.8) is 0 Å². The van der Waals surface area contributed by atoms with E-state index in [2.05, 4.69) is 18.6 Å². The molecular weight excluding hydrogens is 178 g/mol. The summed E-state index contributed by atoms with van der Waals surface area (Å²) in [6.07, 6.45) is 9.51. The minimum Gasteiger partial charge on any atom is -0.319 e. The molecule has 0 aliphatic heterocycles. The highest BCUT2D eigenvalue weighted by atomic mass is 32.2. The zero-order valence-corrected chi connectivity index (χ0v) is 9.83. The molecular formula is C11H23NS. The third-order valence-electron chi connectivity index (χ3n) is 3.21. The summed E-state index contributed by atoms with van der Waals surface area (Å²) < 4.78 is 0. The molecule has 0 radical (unpaired) electrons. The van der Waals surface area contributed by atoms with Crippen LogP contribution in [0.4, 0.5) is 0 Å². The van der Waals surface area contributed by atoms with E-state index in [1.54, 1.807) is 0 Å². The first-order valence-corrected chi connectivity index (χ1v) is 6.91. The maximum absolute atomic E-state index is 3.32. The minimum atomic E-state index is 0.979. The molecule has 1 aliphatic rings. The lowest BCUT2D eigenvalue weighted by atomic mass is 9.92. The summed E-state index contributed by atoms with van der Waals surface area (Å²) in [6.45, 7) is 1.24. The van der Waals surface area contributed by atoms with E-state index in [9.17, 15) is 0 Å². The summed E-state index contributed by atoms with van der Waals surface area (Å²) in [6, 6.07) is 0. The molecule has 0 aromatic rings. The summed E-state index contributed by atoms with van der Waals surface area (Å²) in [7, 11) is 2.08. The van der Waals surface area contributed by atoms with Crippen LogP contribution in [-0.2, 0) is 0 Å². The maximum Gasteiger partial charge on any atom is -0.00209 e. The van der Waals surface area contributed by atoms with Crippen LogP contribution in [0.2, 0.25) is 0 Å². The topological polar surface area (TPSA) is 12.0 Å². The molecule has 2 unspecified atom stereocenters. The Balaban J connectivity index is 2.15. The second-order valence-electron chi connectivity index (χ2n) is 4.14. The lowest BCUT2D eigenvalue weighted by Gasteiger charge is -2.18. The third kappa shape index (κ3) is 3.90. The highest BCUT2D eigenvalue weighted by molar-refractivity contribution is 7.98. The summed E-state index contributed by atoms with van der Waals surface area (Å²) >= 11 is 1.98. The summed E-state index contributed by atoms with van der Waals surface area (Å²) in [5, 5.41) is 3.32. The first kappa shape index (κ1) is 11.4. The zero-order chi connectivity index (χ0) is 9.52. The van der Waals surface area contributed by atoms with E-state index in [0.717, 1.165) is 11.8 Å². The molecule has 13 heavy (non-hydrogen) atoms. The molecule has 0 aromatic carbocycles. The maximum atomic E-state index is 3.32. The van der Waals surface area contributed by atoms with Crippen molar-refractivity contribution in [1.82, 2.24) is 5.32 Å². The molecule has 0 aromatic heterocycles. The molecule has 0 bridgehead atoms. The minimum absolute atomic E-state index is 0.979. The van der Waals surface area contributed by atoms with Crippen molar-refractivity contribution >= 4 is 11.8 Å². The summed E-state index contributed by atoms with van der Waals surface area (Å²) in [5.74, 6) is 3.36. The first-order valence-electron chi connectivity index (χ1n) is 5.52.